The Labute approximate surface area is 151 Å². The van der Waals surface area contributed by atoms with Crippen molar-refractivity contribution in [2.24, 2.45) is 0 Å². The van der Waals surface area contributed by atoms with Gasteiger partial charge in [0.1, 0.15) is 6.26 Å². The molecule has 3 rings (SSSR count). The van der Waals surface area contributed by atoms with Crippen molar-refractivity contribution in [3.63, 3.8) is 0 Å². The van der Waals surface area contributed by atoms with Crippen LogP contribution < -0.4 is 9.62 Å². The molecule has 1 amide bonds. The summed E-state index contributed by atoms with van der Waals surface area (Å²) in [5.41, 5.74) is 1.80. The molecule has 0 saturated carbocycles. The van der Waals surface area contributed by atoms with Crippen LogP contribution in [0.15, 0.2) is 70.3 Å². The molecule has 134 valence electrons. The Morgan fingerprint density at radius 2 is 1.69 bits per heavy atom. The maximum absolute atomic E-state index is 12.7. The number of nitrogens with zero attached hydrogens (tertiary/aromatic N) is 2. The number of aromatic nitrogens is 1. The van der Waals surface area contributed by atoms with Crippen LogP contribution in [0.4, 0.5) is 11.5 Å². The standard InChI is InChI=1S/C18H17N3O4S/c1-13-3-9-16(10-4-13)26(23,24)21(2)15-7-5-14(6-8-15)18(22)19-17-11-12-25-20-17/h3-12H,1-2H3,(H,19,20,22). The van der Waals surface area contributed by atoms with Gasteiger partial charge in [0, 0.05) is 18.7 Å². The lowest BCUT2D eigenvalue weighted by Gasteiger charge is -2.20. The smallest absolute Gasteiger partial charge is 0.264 e. The number of aryl methyl sites for hydroxylation is 1. The van der Waals surface area contributed by atoms with E-state index in [0.29, 0.717) is 17.1 Å². The zero-order valence-corrected chi connectivity index (χ0v) is 15.0. The number of sulfonamides is 1. The van der Waals surface area contributed by atoms with Crippen molar-refractivity contribution in [2.45, 2.75) is 11.8 Å². The number of anilines is 2. The average molecular weight is 371 g/mol. The number of carbonyl (C=O) groups is 1. The summed E-state index contributed by atoms with van der Waals surface area (Å²) < 4.78 is 31.2. The van der Waals surface area contributed by atoms with Crippen LogP contribution in [0.1, 0.15) is 15.9 Å². The number of amides is 1. The molecule has 0 spiro atoms. The number of nitrogens with one attached hydrogen (secondary N) is 1. The van der Waals surface area contributed by atoms with Crippen LogP contribution in [0.5, 0.6) is 0 Å². The second-order valence-corrected chi connectivity index (χ2v) is 7.64. The summed E-state index contributed by atoms with van der Waals surface area (Å²) in [6.45, 7) is 1.89. The number of benzene rings is 2. The maximum atomic E-state index is 12.7. The molecule has 0 bridgehead atoms. The lowest BCUT2D eigenvalue weighted by Crippen LogP contribution is -2.26. The highest BCUT2D eigenvalue weighted by atomic mass is 32.2. The third-order valence-electron chi connectivity index (χ3n) is 3.85. The molecule has 0 radical (unpaired) electrons. The van der Waals surface area contributed by atoms with Gasteiger partial charge in [0.15, 0.2) is 5.82 Å². The predicted molar refractivity (Wildman–Crippen MR) is 97.7 cm³/mol. The quantitative estimate of drug-likeness (QED) is 0.744. The van der Waals surface area contributed by atoms with E-state index in [1.165, 1.54) is 23.7 Å². The molecular weight excluding hydrogens is 354 g/mol. The molecule has 0 saturated heterocycles. The number of hydrogen-bond acceptors (Lipinski definition) is 5. The van der Waals surface area contributed by atoms with Crippen molar-refractivity contribution >= 4 is 27.4 Å². The van der Waals surface area contributed by atoms with E-state index in [4.69, 9.17) is 0 Å². The van der Waals surface area contributed by atoms with Gasteiger partial charge in [0.05, 0.1) is 10.6 Å². The molecule has 1 aromatic heterocycles. The summed E-state index contributed by atoms with van der Waals surface area (Å²) in [5, 5.41) is 6.18. The van der Waals surface area contributed by atoms with E-state index >= 15 is 0 Å². The Hall–Kier alpha value is -3.13. The highest BCUT2D eigenvalue weighted by Crippen LogP contribution is 2.23. The van der Waals surface area contributed by atoms with Gasteiger partial charge in [-0.05, 0) is 43.3 Å². The van der Waals surface area contributed by atoms with Crippen molar-refractivity contribution < 1.29 is 17.7 Å². The summed E-state index contributed by atoms with van der Waals surface area (Å²) in [6.07, 6.45) is 1.35. The minimum absolute atomic E-state index is 0.207. The third kappa shape index (κ3) is 3.60. The maximum Gasteiger partial charge on any atom is 0.264 e. The number of hydrogen-bond donors (Lipinski definition) is 1. The molecule has 7 nitrogen and oxygen atoms in total. The van der Waals surface area contributed by atoms with Crippen LogP contribution in [0.3, 0.4) is 0 Å². The van der Waals surface area contributed by atoms with Crippen molar-refractivity contribution in [3.8, 4) is 0 Å². The van der Waals surface area contributed by atoms with E-state index in [9.17, 15) is 13.2 Å². The van der Waals surface area contributed by atoms with Crippen molar-refractivity contribution in [1.82, 2.24) is 5.16 Å². The van der Waals surface area contributed by atoms with Crippen LogP contribution in [-0.2, 0) is 10.0 Å². The van der Waals surface area contributed by atoms with E-state index in [1.54, 1.807) is 48.5 Å². The van der Waals surface area contributed by atoms with Gasteiger partial charge in [0.25, 0.3) is 15.9 Å². The molecule has 3 aromatic rings. The topological polar surface area (TPSA) is 92.5 Å². The van der Waals surface area contributed by atoms with Crippen molar-refractivity contribution in [2.75, 3.05) is 16.7 Å². The van der Waals surface area contributed by atoms with E-state index in [1.807, 2.05) is 6.92 Å². The molecule has 1 N–H and O–H groups in total. The summed E-state index contributed by atoms with van der Waals surface area (Å²) in [7, 11) is -2.20. The van der Waals surface area contributed by atoms with Gasteiger partial charge >= 0.3 is 0 Å². The highest BCUT2D eigenvalue weighted by Gasteiger charge is 2.21. The Kier molecular flexibility index (Phi) is 4.77. The van der Waals surface area contributed by atoms with Gasteiger partial charge in [-0.1, -0.05) is 22.9 Å². The van der Waals surface area contributed by atoms with Crippen LogP contribution in [0.25, 0.3) is 0 Å². The van der Waals surface area contributed by atoms with Gasteiger partial charge in [-0.25, -0.2) is 8.42 Å². The zero-order chi connectivity index (χ0) is 18.7. The lowest BCUT2D eigenvalue weighted by molar-refractivity contribution is 0.102. The SMILES string of the molecule is Cc1ccc(S(=O)(=O)N(C)c2ccc(C(=O)Nc3ccon3)cc2)cc1. The van der Waals surface area contributed by atoms with Gasteiger partial charge in [0.2, 0.25) is 0 Å². The van der Waals surface area contributed by atoms with Gasteiger partial charge in [-0.2, -0.15) is 0 Å². The first kappa shape index (κ1) is 17.7. The fourth-order valence-electron chi connectivity index (χ4n) is 2.30. The molecule has 0 atom stereocenters. The van der Waals surface area contributed by atoms with Crippen LogP contribution in [-0.4, -0.2) is 26.5 Å². The van der Waals surface area contributed by atoms with E-state index in [2.05, 4.69) is 15.0 Å². The van der Waals surface area contributed by atoms with Crippen molar-refractivity contribution in [3.05, 3.63) is 72.0 Å². The van der Waals surface area contributed by atoms with Crippen molar-refractivity contribution in [1.29, 1.82) is 0 Å². The summed E-state index contributed by atoms with van der Waals surface area (Å²) in [6, 6.07) is 14.4. The van der Waals surface area contributed by atoms with Crippen LogP contribution in [0, 0.1) is 6.92 Å². The Bertz CT molecular complexity index is 996. The van der Waals surface area contributed by atoms with Crippen LogP contribution in [0.2, 0.25) is 0 Å². The van der Waals surface area contributed by atoms with Gasteiger partial charge in [-0.3, -0.25) is 9.10 Å². The fraction of sp³-hybridized carbons (Fsp3) is 0.111. The van der Waals surface area contributed by atoms with Gasteiger partial charge in [-0.15, -0.1) is 0 Å². The molecule has 26 heavy (non-hydrogen) atoms. The Balaban J connectivity index is 1.79. The molecular formula is C18H17N3O4S. The number of carbonyl (C=O) groups excluding carboxylic acids is 1. The minimum Gasteiger partial charge on any atom is -0.363 e. The van der Waals surface area contributed by atoms with E-state index < -0.39 is 10.0 Å². The van der Waals surface area contributed by atoms with Crippen LogP contribution >= 0.6 is 0 Å². The summed E-state index contributed by atoms with van der Waals surface area (Å²) >= 11 is 0. The molecule has 0 aliphatic carbocycles. The average Bonchev–Trinajstić information content (AvgIpc) is 3.14. The second kappa shape index (κ2) is 7.01. The molecule has 0 aliphatic heterocycles. The second-order valence-electron chi connectivity index (χ2n) is 5.67. The first-order chi connectivity index (χ1) is 12.4. The Morgan fingerprint density at radius 3 is 2.27 bits per heavy atom. The lowest BCUT2D eigenvalue weighted by atomic mass is 10.2. The first-order valence-electron chi connectivity index (χ1n) is 7.75. The molecule has 0 aliphatic rings. The van der Waals surface area contributed by atoms with Gasteiger partial charge < -0.3 is 9.84 Å². The predicted octanol–water partition coefficient (Wildman–Crippen LogP) is 3.06. The Morgan fingerprint density at radius 1 is 1.04 bits per heavy atom. The molecule has 8 heteroatoms. The summed E-state index contributed by atoms with van der Waals surface area (Å²) in [4.78, 5) is 12.3. The largest absolute Gasteiger partial charge is 0.363 e. The third-order valence-corrected chi connectivity index (χ3v) is 5.65. The monoisotopic (exact) mass is 371 g/mol. The molecule has 0 unspecified atom stereocenters. The first-order valence-corrected chi connectivity index (χ1v) is 9.19. The number of rotatable bonds is 5. The highest BCUT2D eigenvalue weighted by molar-refractivity contribution is 7.92. The normalized spacial score (nSPS) is 11.2. The molecule has 1 heterocycles. The van der Waals surface area contributed by atoms with E-state index in [0.717, 1.165) is 5.56 Å². The molecule has 0 fully saturated rings. The molecule has 2 aromatic carbocycles. The zero-order valence-electron chi connectivity index (χ0n) is 14.2. The summed E-state index contributed by atoms with van der Waals surface area (Å²) in [5.74, 6) is -0.0624. The van der Waals surface area contributed by atoms with E-state index in [-0.39, 0.29) is 10.8 Å². The fourth-order valence-corrected chi connectivity index (χ4v) is 3.49. The minimum atomic E-state index is -3.67.